The minimum Gasteiger partial charge on any atom is -0.497 e. The van der Waals surface area contributed by atoms with Gasteiger partial charge in [0.2, 0.25) is 0 Å². The molecule has 1 saturated heterocycles. The molecule has 0 spiro atoms. The highest BCUT2D eigenvalue weighted by molar-refractivity contribution is 7.22. The second-order valence-electron chi connectivity index (χ2n) is 6.77. The van der Waals surface area contributed by atoms with E-state index in [0.29, 0.717) is 54.0 Å². The summed E-state index contributed by atoms with van der Waals surface area (Å²) in [5, 5.41) is 1.45. The fraction of sp³-hybridized carbons (Fsp3) is 0.333. The summed E-state index contributed by atoms with van der Waals surface area (Å²) in [6.45, 7) is 2.59. The van der Waals surface area contributed by atoms with Crippen molar-refractivity contribution in [2.75, 3.05) is 52.4 Å². The molecule has 158 valence electrons. The molecule has 0 radical (unpaired) electrons. The monoisotopic (exact) mass is 447 g/mol. The van der Waals surface area contributed by atoms with E-state index in [0.717, 1.165) is 15.3 Å². The van der Waals surface area contributed by atoms with Crippen LogP contribution in [0.1, 0.15) is 10.4 Å². The first-order chi connectivity index (χ1) is 14.5. The Morgan fingerprint density at radius 2 is 1.80 bits per heavy atom. The van der Waals surface area contributed by atoms with Crippen LogP contribution in [0.2, 0.25) is 5.02 Å². The summed E-state index contributed by atoms with van der Waals surface area (Å²) in [4.78, 5) is 21.8. The molecule has 0 aliphatic carbocycles. The minimum atomic E-state index is -0.0492. The molecule has 7 nitrogen and oxygen atoms in total. The van der Waals surface area contributed by atoms with E-state index in [1.54, 1.807) is 50.9 Å². The van der Waals surface area contributed by atoms with E-state index in [9.17, 15) is 4.79 Å². The highest BCUT2D eigenvalue weighted by Gasteiger charge is 2.26. The van der Waals surface area contributed by atoms with Gasteiger partial charge < -0.3 is 24.0 Å². The highest BCUT2D eigenvalue weighted by atomic mass is 35.5. The van der Waals surface area contributed by atoms with Crippen molar-refractivity contribution in [1.29, 1.82) is 0 Å². The number of rotatable bonds is 5. The largest absolute Gasteiger partial charge is 0.497 e. The fourth-order valence-corrected chi connectivity index (χ4v) is 4.76. The van der Waals surface area contributed by atoms with Gasteiger partial charge in [-0.3, -0.25) is 4.79 Å². The standard InChI is InChI=1S/C21H22ClN3O4S/c1-27-13-4-5-14(16(12-13)28-2)20(26)24-8-10-25(11-9-24)21-23-18-17(30-21)7-6-15(22)19(18)29-3/h4-7,12H,8-11H2,1-3H3. The Kier molecular flexibility index (Phi) is 5.87. The van der Waals surface area contributed by atoms with Crippen molar-refractivity contribution in [3.05, 3.63) is 40.9 Å². The van der Waals surface area contributed by atoms with Crippen LogP contribution in [-0.4, -0.2) is 63.3 Å². The zero-order valence-electron chi connectivity index (χ0n) is 17.0. The van der Waals surface area contributed by atoms with Crippen LogP contribution in [-0.2, 0) is 0 Å². The Hall–Kier alpha value is -2.71. The van der Waals surface area contributed by atoms with Crippen LogP contribution in [0.15, 0.2) is 30.3 Å². The summed E-state index contributed by atoms with van der Waals surface area (Å²) in [7, 11) is 4.73. The first-order valence-corrected chi connectivity index (χ1v) is 10.6. The predicted molar refractivity (Wildman–Crippen MR) is 119 cm³/mol. The van der Waals surface area contributed by atoms with Crippen LogP contribution in [0.5, 0.6) is 17.2 Å². The lowest BCUT2D eigenvalue weighted by atomic mass is 10.1. The summed E-state index contributed by atoms with van der Waals surface area (Å²) in [5.74, 6) is 1.71. The third-order valence-electron chi connectivity index (χ3n) is 5.14. The zero-order chi connectivity index (χ0) is 21.3. The van der Waals surface area contributed by atoms with E-state index in [1.165, 1.54) is 0 Å². The van der Waals surface area contributed by atoms with Crippen LogP contribution in [0.4, 0.5) is 5.13 Å². The molecule has 1 aliphatic rings. The van der Waals surface area contributed by atoms with Gasteiger partial charge in [0.25, 0.3) is 5.91 Å². The molecule has 0 N–H and O–H groups in total. The number of methoxy groups -OCH3 is 3. The number of benzene rings is 2. The number of carbonyl (C=O) groups is 1. The van der Waals surface area contributed by atoms with Gasteiger partial charge in [-0.15, -0.1) is 0 Å². The smallest absolute Gasteiger partial charge is 0.257 e. The minimum absolute atomic E-state index is 0.0492. The molecule has 0 saturated carbocycles. The molecule has 2 heterocycles. The number of ether oxygens (including phenoxy) is 3. The van der Waals surface area contributed by atoms with Crippen molar-refractivity contribution in [2.24, 2.45) is 0 Å². The van der Waals surface area contributed by atoms with Gasteiger partial charge in [0.15, 0.2) is 10.9 Å². The first-order valence-electron chi connectivity index (χ1n) is 9.45. The molecule has 1 aliphatic heterocycles. The Morgan fingerprint density at radius 1 is 1.03 bits per heavy atom. The average Bonchev–Trinajstić information content (AvgIpc) is 3.22. The van der Waals surface area contributed by atoms with Crippen LogP contribution in [0.3, 0.4) is 0 Å². The molecule has 9 heteroatoms. The summed E-state index contributed by atoms with van der Waals surface area (Å²) >= 11 is 7.82. The number of carbonyl (C=O) groups excluding carboxylic acids is 1. The molecular formula is C21H22ClN3O4S. The second-order valence-corrected chi connectivity index (χ2v) is 8.19. The summed E-state index contributed by atoms with van der Waals surface area (Å²) < 4.78 is 17.0. The first kappa shape index (κ1) is 20.6. The van der Waals surface area contributed by atoms with E-state index in [1.807, 2.05) is 17.0 Å². The SMILES string of the molecule is COc1ccc(C(=O)N2CCN(c3nc4c(OC)c(Cl)ccc4s3)CC2)c(OC)c1. The number of fused-ring (bicyclic) bond motifs is 1. The number of halogens is 1. The normalized spacial score (nSPS) is 14.1. The maximum atomic E-state index is 13.0. The fourth-order valence-electron chi connectivity index (χ4n) is 3.51. The van der Waals surface area contributed by atoms with E-state index >= 15 is 0 Å². The maximum absolute atomic E-state index is 13.0. The molecule has 1 aromatic heterocycles. The van der Waals surface area contributed by atoms with Crippen molar-refractivity contribution < 1.29 is 19.0 Å². The van der Waals surface area contributed by atoms with Gasteiger partial charge in [-0.05, 0) is 24.3 Å². The van der Waals surface area contributed by atoms with Gasteiger partial charge >= 0.3 is 0 Å². The Balaban J connectivity index is 1.49. The van der Waals surface area contributed by atoms with Crippen molar-refractivity contribution in [2.45, 2.75) is 0 Å². The van der Waals surface area contributed by atoms with E-state index < -0.39 is 0 Å². The van der Waals surface area contributed by atoms with Gasteiger partial charge in [-0.25, -0.2) is 4.98 Å². The zero-order valence-corrected chi connectivity index (χ0v) is 18.5. The number of amides is 1. The van der Waals surface area contributed by atoms with Crippen LogP contribution >= 0.6 is 22.9 Å². The van der Waals surface area contributed by atoms with Gasteiger partial charge in [-0.1, -0.05) is 22.9 Å². The molecule has 2 aromatic carbocycles. The third kappa shape index (κ3) is 3.73. The van der Waals surface area contributed by atoms with Crippen LogP contribution in [0, 0.1) is 0 Å². The number of hydrogen-bond acceptors (Lipinski definition) is 7. The summed E-state index contributed by atoms with van der Waals surface area (Å²) in [5.41, 5.74) is 1.30. The van der Waals surface area contributed by atoms with Crippen LogP contribution in [0.25, 0.3) is 10.2 Å². The van der Waals surface area contributed by atoms with Crippen molar-refractivity contribution >= 4 is 44.2 Å². The lowest BCUT2D eigenvalue weighted by Gasteiger charge is -2.34. The van der Waals surface area contributed by atoms with Crippen molar-refractivity contribution in [3.63, 3.8) is 0 Å². The summed E-state index contributed by atoms with van der Waals surface area (Å²) in [6, 6.07) is 9.02. The molecule has 30 heavy (non-hydrogen) atoms. The maximum Gasteiger partial charge on any atom is 0.257 e. The number of nitrogens with zero attached hydrogens (tertiary/aromatic N) is 3. The quantitative estimate of drug-likeness (QED) is 0.590. The molecule has 3 aromatic rings. The van der Waals surface area contributed by atoms with Crippen LogP contribution < -0.4 is 19.1 Å². The molecule has 0 unspecified atom stereocenters. The van der Waals surface area contributed by atoms with E-state index in [-0.39, 0.29) is 5.91 Å². The second kappa shape index (κ2) is 8.57. The Morgan fingerprint density at radius 3 is 2.47 bits per heavy atom. The molecule has 0 bridgehead atoms. The highest BCUT2D eigenvalue weighted by Crippen LogP contribution is 2.38. The number of piperazine rings is 1. The molecule has 1 fully saturated rings. The lowest BCUT2D eigenvalue weighted by molar-refractivity contribution is 0.0743. The van der Waals surface area contributed by atoms with Gasteiger partial charge in [0.05, 0.1) is 36.6 Å². The number of hydrogen-bond donors (Lipinski definition) is 0. The third-order valence-corrected chi connectivity index (χ3v) is 6.51. The van der Waals surface area contributed by atoms with Gasteiger partial charge in [0, 0.05) is 32.2 Å². The Labute approximate surface area is 183 Å². The molecular weight excluding hydrogens is 426 g/mol. The topological polar surface area (TPSA) is 64.1 Å². The lowest BCUT2D eigenvalue weighted by Crippen LogP contribution is -2.48. The average molecular weight is 448 g/mol. The number of anilines is 1. The number of aromatic nitrogens is 1. The van der Waals surface area contributed by atoms with E-state index in [2.05, 4.69) is 4.90 Å². The van der Waals surface area contributed by atoms with Gasteiger partial charge in [0.1, 0.15) is 17.0 Å². The Bertz CT molecular complexity index is 1080. The summed E-state index contributed by atoms with van der Waals surface area (Å²) in [6.07, 6.45) is 0. The predicted octanol–water partition coefficient (Wildman–Crippen LogP) is 3.94. The molecule has 4 rings (SSSR count). The molecule has 1 amide bonds. The van der Waals surface area contributed by atoms with E-state index in [4.69, 9.17) is 30.8 Å². The van der Waals surface area contributed by atoms with Gasteiger partial charge in [-0.2, -0.15) is 0 Å². The van der Waals surface area contributed by atoms with Crippen molar-refractivity contribution in [1.82, 2.24) is 9.88 Å². The number of thiazole rings is 1. The van der Waals surface area contributed by atoms with Crippen molar-refractivity contribution in [3.8, 4) is 17.2 Å². The molecule has 0 atom stereocenters.